The van der Waals surface area contributed by atoms with Crippen molar-refractivity contribution in [3.63, 3.8) is 0 Å². The molecule has 4 heteroatoms. The van der Waals surface area contributed by atoms with Crippen LogP contribution in [0.3, 0.4) is 0 Å². The first-order chi connectivity index (χ1) is 4.06. The lowest BCUT2D eigenvalue weighted by atomic mass is 10.8. The molecular formula is C5H13NO2S. The van der Waals surface area contributed by atoms with Crippen LogP contribution in [-0.2, 0) is 10.0 Å². The van der Waals surface area contributed by atoms with Gasteiger partial charge < -0.3 is 0 Å². The second-order valence-corrected chi connectivity index (χ2v) is 3.10. The number of rotatable bonds is 2. The Balaban J connectivity index is 0. The van der Waals surface area contributed by atoms with Crippen LogP contribution >= 0.6 is 0 Å². The van der Waals surface area contributed by atoms with Crippen molar-refractivity contribution < 1.29 is 8.42 Å². The van der Waals surface area contributed by atoms with Gasteiger partial charge in [-0.25, -0.2) is 13.1 Å². The summed E-state index contributed by atoms with van der Waals surface area (Å²) in [6.45, 7) is 8.21. The van der Waals surface area contributed by atoms with E-state index in [0.29, 0.717) is 6.54 Å². The highest BCUT2D eigenvalue weighted by molar-refractivity contribution is 7.88. The van der Waals surface area contributed by atoms with Gasteiger partial charge in [-0.1, -0.05) is 6.92 Å². The van der Waals surface area contributed by atoms with E-state index < -0.39 is 10.0 Å². The topological polar surface area (TPSA) is 46.2 Å². The molecule has 0 saturated heterocycles. The number of hydrogen-bond acceptors (Lipinski definition) is 2. The first-order valence-electron chi connectivity index (χ1n) is 2.51. The molecule has 0 aromatic rings. The van der Waals surface area contributed by atoms with Gasteiger partial charge in [-0.15, -0.1) is 13.2 Å². The predicted octanol–water partition coefficient (Wildman–Crippen LogP) is 0.358. The van der Waals surface area contributed by atoms with Crippen molar-refractivity contribution in [2.75, 3.05) is 12.8 Å². The molecule has 3 nitrogen and oxygen atoms in total. The molecule has 0 unspecified atom stereocenters. The van der Waals surface area contributed by atoms with E-state index in [4.69, 9.17) is 0 Å². The Bertz CT molecular complexity index is 139. The summed E-state index contributed by atoms with van der Waals surface area (Å²) in [6.07, 6.45) is 1.14. The molecule has 0 aliphatic heterocycles. The average Bonchev–Trinajstić information content (AvgIpc) is 1.69. The van der Waals surface area contributed by atoms with Crippen molar-refractivity contribution in [2.45, 2.75) is 6.92 Å². The van der Waals surface area contributed by atoms with Gasteiger partial charge in [-0.2, -0.15) is 0 Å². The van der Waals surface area contributed by atoms with E-state index >= 15 is 0 Å². The largest absolute Gasteiger partial charge is 0.216 e. The molecule has 0 aromatic heterocycles. The lowest BCUT2D eigenvalue weighted by Gasteiger charge is -1.91. The molecular weight excluding hydrogens is 138 g/mol. The smallest absolute Gasteiger partial charge is 0.208 e. The van der Waals surface area contributed by atoms with Gasteiger partial charge in [0.2, 0.25) is 10.0 Å². The maximum atomic E-state index is 10.1. The zero-order valence-electron chi connectivity index (χ0n) is 5.85. The van der Waals surface area contributed by atoms with Gasteiger partial charge >= 0.3 is 0 Å². The highest BCUT2D eigenvalue weighted by Gasteiger charge is 1.92. The fourth-order valence-corrected chi connectivity index (χ4v) is 0.787. The van der Waals surface area contributed by atoms with E-state index in [2.05, 4.69) is 17.9 Å². The fraction of sp³-hybridized carbons (Fsp3) is 0.600. The van der Waals surface area contributed by atoms with Gasteiger partial charge in [-0.3, -0.25) is 0 Å². The molecule has 0 heterocycles. The predicted molar refractivity (Wildman–Crippen MR) is 39.8 cm³/mol. The molecule has 0 saturated carbocycles. The first-order valence-corrected chi connectivity index (χ1v) is 4.40. The second-order valence-electron chi connectivity index (χ2n) is 1.27. The van der Waals surface area contributed by atoms with Gasteiger partial charge in [0.1, 0.15) is 0 Å². The van der Waals surface area contributed by atoms with Crippen molar-refractivity contribution in [3.8, 4) is 0 Å². The molecule has 9 heavy (non-hydrogen) atoms. The molecule has 0 fully saturated rings. The summed E-state index contributed by atoms with van der Waals surface area (Å²) in [7, 11) is -2.92. The summed E-state index contributed by atoms with van der Waals surface area (Å²) in [5.74, 6) is 0. The number of hydrogen-bond donors (Lipinski definition) is 1. The Morgan fingerprint density at radius 2 is 1.78 bits per heavy atom. The van der Waals surface area contributed by atoms with Crippen molar-refractivity contribution in [3.05, 3.63) is 13.2 Å². The lowest BCUT2D eigenvalue weighted by Crippen LogP contribution is -2.20. The van der Waals surface area contributed by atoms with Crippen LogP contribution in [0.25, 0.3) is 0 Å². The van der Waals surface area contributed by atoms with Crippen LogP contribution in [-0.4, -0.2) is 21.2 Å². The SMILES string of the molecule is C=C.CCNS(C)(=O)=O. The monoisotopic (exact) mass is 151 g/mol. The minimum absolute atomic E-state index is 0.471. The van der Waals surface area contributed by atoms with Crippen molar-refractivity contribution in [1.82, 2.24) is 4.72 Å². The third-order valence-corrected chi connectivity index (χ3v) is 1.22. The van der Waals surface area contributed by atoms with E-state index in [9.17, 15) is 8.42 Å². The Hall–Kier alpha value is -0.350. The van der Waals surface area contributed by atoms with E-state index in [0.717, 1.165) is 6.26 Å². The van der Waals surface area contributed by atoms with E-state index in [1.165, 1.54) is 0 Å². The van der Waals surface area contributed by atoms with Gasteiger partial charge in [0.05, 0.1) is 6.26 Å². The minimum atomic E-state index is -2.92. The molecule has 0 rings (SSSR count). The molecule has 0 bridgehead atoms. The van der Waals surface area contributed by atoms with Gasteiger partial charge in [0, 0.05) is 6.54 Å². The summed E-state index contributed by atoms with van der Waals surface area (Å²) in [4.78, 5) is 0. The van der Waals surface area contributed by atoms with Crippen LogP contribution < -0.4 is 4.72 Å². The van der Waals surface area contributed by atoms with E-state index in [-0.39, 0.29) is 0 Å². The van der Waals surface area contributed by atoms with Crippen LogP contribution in [0.1, 0.15) is 6.92 Å². The fourth-order valence-electron chi connectivity index (χ4n) is 0.262. The summed E-state index contributed by atoms with van der Waals surface area (Å²) < 4.78 is 22.5. The van der Waals surface area contributed by atoms with Crippen LogP contribution in [0.15, 0.2) is 13.2 Å². The molecule has 0 radical (unpaired) electrons. The van der Waals surface area contributed by atoms with E-state index in [1.807, 2.05) is 0 Å². The third kappa shape index (κ3) is 18.3. The van der Waals surface area contributed by atoms with Crippen LogP contribution in [0.5, 0.6) is 0 Å². The third-order valence-electron chi connectivity index (χ3n) is 0.407. The normalized spacial score (nSPS) is 9.56. The average molecular weight is 151 g/mol. The summed E-state index contributed by atoms with van der Waals surface area (Å²) >= 11 is 0. The zero-order valence-corrected chi connectivity index (χ0v) is 6.66. The van der Waals surface area contributed by atoms with Gasteiger partial charge in [-0.05, 0) is 0 Å². The van der Waals surface area contributed by atoms with Crippen molar-refractivity contribution in [2.24, 2.45) is 0 Å². The minimum Gasteiger partial charge on any atom is -0.216 e. The standard InChI is InChI=1S/C3H9NO2S.C2H4/c1-3-4-7(2,5)6;1-2/h4H,3H2,1-2H3;1-2H2. The molecule has 0 aromatic carbocycles. The molecule has 0 aliphatic carbocycles. The molecule has 0 aliphatic rings. The molecule has 56 valence electrons. The molecule has 0 atom stereocenters. The van der Waals surface area contributed by atoms with Gasteiger partial charge in [0.25, 0.3) is 0 Å². The van der Waals surface area contributed by atoms with Gasteiger partial charge in [0.15, 0.2) is 0 Å². The molecule has 0 spiro atoms. The number of nitrogens with one attached hydrogen (secondary N) is 1. The second kappa shape index (κ2) is 5.78. The highest BCUT2D eigenvalue weighted by atomic mass is 32.2. The Kier molecular flexibility index (Phi) is 7.35. The Labute approximate surface area is 56.8 Å². The van der Waals surface area contributed by atoms with Crippen LogP contribution in [0.4, 0.5) is 0 Å². The van der Waals surface area contributed by atoms with Crippen molar-refractivity contribution in [1.29, 1.82) is 0 Å². The summed E-state index contributed by atoms with van der Waals surface area (Å²) in [5, 5.41) is 0. The number of sulfonamides is 1. The lowest BCUT2D eigenvalue weighted by molar-refractivity contribution is 0.590. The van der Waals surface area contributed by atoms with E-state index in [1.54, 1.807) is 6.92 Å². The Morgan fingerprint density at radius 3 is 1.78 bits per heavy atom. The maximum absolute atomic E-state index is 10.1. The molecule has 0 amide bonds. The maximum Gasteiger partial charge on any atom is 0.208 e. The zero-order chi connectivity index (χ0) is 7.91. The Morgan fingerprint density at radius 1 is 1.44 bits per heavy atom. The quantitative estimate of drug-likeness (QED) is 0.579. The van der Waals surface area contributed by atoms with Crippen LogP contribution in [0, 0.1) is 0 Å². The van der Waals surface area contributed by atoms with Crippen LogP contribution in [0.2, 0.25) is 0 Å². The first kappa shape index (κ1) is 11.4. The highest BCUT2D eigenvalue weighted by Crippen LogP contribution is 1.67. The molecule has 1 N–H and O–H groups in total. The summed E-state index contributed by atoms with van der Waals surface area (Å²) in [5.41, 5.74) is 0. The summed E-state index contributed by atoms with van der Waals surface area (Å²) in [6, 6.07) is 0. The van der Waals surface area contributed by atoms with Crippen molar-refractivity contribution >= 4 is 10.0 Å².